The predicted octanol–water partition coefficient (Wildman–Crippen LogP) is 4.02. The molecular formula is C22H25N4+. The fraction of sp³-hybridized carbons (Fsp3) is 0.227. The molecule has 1 aliphatic carbocycles. The molecule has 0 radical (unpaired) electrons. The van der Waals surface area contributed by atoms with Gasteiger partial charge in [-0.15, -0.1) is 0 Å². The largest absolute Gasteiger partial charge is 0.399 e. The van der Waals surface area contributed by atoms with Crippen LogP contribution in [0.25, 0.3) is 0 Å². The normalized spacial score (nSPS) is 17.9. The highest BCUT2D eigenvalue weighted by Gasteiger charge is 2.34. The number of nitrogens with one attached hydrogen (secondary N) is 1. The van der Waals surface area contributed by atoms with E-state index in [1.54, 1.807) is 0 Å². The SMILES string of the molecule is CCN(CC)c1ccc2c(c1)[N+](c1ccccc1)=C1C=C(N)C=CC1N2. The van der Waals surface area contributed by atoms with Crippen molar-refractivity contribution in [2.75, 3.05) is 23.3 Å². The highest BCUT2D eigenvalue weighted by molar-refractivity contribution is 6.10. The predicted molar refractivity (Wildman–Crippen MR) is 112 cm³/mol. The van der Waals surface area contributed by atoms with Gasteiger partial charge >= 0.3 is 0 Å². The first-order valence-electron chi connectivity index (χ1n) is 9.24. The van der Waals surface area contributed by atoms with Crippen LogP contribution in [0.15, 0.2) is 72.5 Å². The van der Waals surface area contributed by atoms with Crippen LogP contribution in [-0.4, -0.2) is 24.8 Å². The molecule has 4 nitrogen and oxygen atoms in total. The lowest BCUT2D eigenvalue weighted by Crippen LogP contribution is -2.39. The van der Waals surface area contributed by atoms with Gasteiger partial charge in [0, 0.05) is 48.7 Å². The molecule has 0 bridgehead atoms. The van der Waals surface area contributed by atoms with Gasteiger partial charge in [0.05, 0.1) is 0 Å². The molecule has 132 valence electrons. The Balaban J connectivity index is 1.94. The molecule has 0 saturated carbocycles. The number of rotatable bonds is 4. The Bertz CT molecular complexity index is 905. The number of anilines is 2. The standard InChI is InChI=1S/C22H24N4/c1-3-25(4-2)18-11-13-20-22(15-18)26(17-8-6-5-7-9-17)21-14-16(23)10-12-19(21)24-20/h5-15,19,23-24H,3-4H2,1-2H3/p+1. The first-order chi connectivity index (χ1) is 12.7. The van der Waals surface area contributed by atoms with Crippen molar-refractivity contribution in [1.29, 1.82) is 0 Å². The Morgan fingerprint density at radius 3 is 2.58 bits per heavy atom. The third kappa shape index (κ3) is 2.77. The number of nitrogens with zero attached hydrogens (tertiary/aromatic N) is 2. The van der Waals surface area contributed by atoms with E-state index in [0.717, 1.165) is 41.6 Å². The Labute approximate surface area is 155 Å². The van der Waals surface area contributed by atoms with Crippen LogP contribution in [0.4, 0.5) is 22.7 Å². The second-order valence-corrected chi connectivity index (χ2v) is 6.60. The molecule has 3 N–H and O–H groups in total. The minimum atomic E-state index is 0.120. The minimum absolute atomic E-state index is 0.120. The average Bonchev–Trinajstić information content (AvgIpc) is 2.68. The molecule has 1 heterocycles. The van der Waals surface area contributed by atoms with Crippen LogP contribution in [0.3, 0.4) is 0 Å². The van der Waals surface area contributed by atoms with Gasteiger partial charge in [-0.1, -0.05) is 18.2 Å². The van der Waals surface area contributed by atoms with Crippen molar-refractivity contribution in [2.24, 2.45) is 5.73 Å². The van der Waals surface area contributed by atoms with Crippen LogP contribution in [0.5, 0.6) is 0 Å². The molecule has 0 fully saturated rings. The molecule has 0 spiro atoms. The van der Waals surface area contributed by atoms with E-state index in [1.807, 2.05) is 12.1 Å². The summed E-state index contributed by atoms with van der Waals surface area (Å²) >= 11 is 0. The Kier molecular flexibility index (Phi) is 4.25. The van der Waals surface area contributed by atoms with E-state index in [2.05, 4.69) is 83.3 Å². The maximum absolute atomic E-state index is 6.11. The first kappa shape index (κ1) is 16.5. The van der Waals surface area contributed by atoms with Crippen LogP contribution in [0.1, 0.15) is 13.8 Å². The number of benzene rings is 2. The summed E-state index contributed by atoms with van der Waals surface area (Å²) in [6.45, 7) is 6.36. The zero-order valence-corrected chi connectivity index (χ0v) is 15.3. The second-order valence-electron chi connectivity index (χ2n) is 6.60. The van der Waals surface area contributed by atoms with Crippen LogP contribution < -0.4 is 20.5 Å². The topological polar surface area (TPSA) is 44.3 Å². The molecule has 2 aliphatic rings. The molecule has 0 aromatic heterocycles. The van der Waals surface area contributed by atoms with Gasteiger partial charge in [0.25, 0.3) is 0 Å². The van der Waals surface area contributed by atoms with Gasteiger partial charge in [-0.25, -0.2) is 0 Å². The molecule has 4 heteroatoms. The summed E-state index contributed by atoms with van der Waals surface area (Å²) in [5.41, 5.74) is 12.7. The molecule has 1 unspecified atom stereocenters. The maximum Gasteiger partial charge on any atom is 0.236 e. The van der Waals surface area contributed by atoms with Crippen LogP contribution in [-0.2, 0) is 0 Å². The van der Waals surface area contributed by atoms with Crippen molar-refractivity contribution in [3.8, 4) is 0 Å². The van der Waals surface area contributed by atoms with Gasteiger partial charge in [-0.05, 0) is 38.1 Å². The Morgan fingerprint density at radius 2 is 1.85 bits per heavy atom. The van der Waals surface area contributed by atoms with E-state index < -0.39 is 0 Å². The summed E-state index contributed by atoms with van der Waals surface area (Å²) in [6.07, 6.45) is 6.17. The minimum Gasteiger partial charge on any atom is -0.399 e. The second kappa shape index (κ2) is 6.71. The first-order valence-corrected chi connectivity index (χ1v) is 9.24. The zero-order valence-electron chi connectivity index (χ0n) is 15.3. The van der Waals surface area contributed by atoms with Crippen molar-refractivity contribution in [1.82, 2.24) is 4.58 Å². The lowest BCUT2D eigenvalue weighted by molar-refractivity contribution is 0.864. The summed E-state index contributed by atoms with van der Waals surface area (Å²) < 4.78 is 2.32. The molecule has 0 saturated heterocycles. The highest BCUT2D eigenvalue weighted by atomic mass is 15.1. The fourth-order valence-electron chi connectivity index (χ4n) is 3.72. The number of allylic oxidation sites excluding steroid dienone is 1. The fourth-order valence-corrected chi connectivity index (χ4v) is 3.72. The van der Waals surface area contributed by atoms with E-state index in [4.69, 9.17) is 5.73 Å². The average molecular weight is 345 g/mol. The highest BCUT2D eigenvalue weighted by Crippen LogP contribution is 2.37. The lowest BCUT2D eigenvalue weighted by Gasteiger charge is -2.27. The molecule has 0 amide bonds. The molecule has 4 rings (SSSR count). The van der Waals surface area contributed by atoms with Crippen LogP contribution in [0, 0.1) is 0 Å². The molecule has 2 aromatic carbocycles. The molecule has 26 heavy (non-hydrogen) atoms. The molecule has 1 aliphatic heterocycles. The van der Waals surface area contributed by atoms with E-state index in [1.165, 1.54) is 5.69 Å². The zero-order chi connectivity index (χ0) is 18.1. The number of hydrogen-bond donors (Lipinski definition) is 2. The van der Waals surface area contributed by atoms with Gasteiger partial charge in [-0.2, -0.15) is 4.58 Å². The van der Waals surface area contributed by atoms with Gasteiger partial charge < -0.3 is 16.0 Å². The Morgan fingerprint density at radius 1 is 1.08 bits per heavy atom. The van der Waals surface area contributed by atoms with E-state index in [0.29, 0.717) is 0 Å². The lowest BCUT2D eigenvalue weighted by atomic mass is 9.99. The third-order valence-corrected chi connectivity index (χ3v) is 5.05. The van der Waals surface area contributed by atoms with Crippen molar-refractivity contribution in [3.05, 3.63) is 72.5 Å². The van der Waals surface area contributed by atoms with Gasteiger partial charge in [0.2, 0.25) is 17.1 Å². The van der Waals surface area contributed by atoms with Crippen molar-refractivity contribution in [2.45, 2.75) is 19.9 Å². The maximum atomic E-state index is 6.11. The van der Waals surface area contributed by atoms with Crippen LogP contribution >= 0.6 is 0 Å². The molecular weight excluding hydrogens is 320 g/mol. The molecule has 1 atom stereocenters. The van der Waals surface area contributed by atoms with Gasteiger partial charge in [0.15, 0.2) is 0 Å². The van der Waals surface area contributed by atoms with Crippen molar-refractivity contribution >= 4 is 28.5 Å². The summed E-state index contributed by atoms with van der Waals surface area (Å²) in [6, 6.07) is 17.3. The monoisotopic (exact) mass is 345 g/mol. The summed E-state index contributed by atoms with van der Waals surface area (Å²) in [5.74, 6) is 0. The van der Waals surface area contributed by atoms with Gasteiger partial charge in [0.1, 0.15) is 11.7 Å². The van der Waals surface area contributed by atoms with Crippen molar-refractivity contribution in [3.63, 3.8) is 0 Å². The summed E-state index contributed by atoms with van der Waals surface area (Å²) in [7, 11) is 0. The number of nitrogens with two attached hydrogens (primary N) is 1. The smallest absolute Gasteiger partial charge is 0.236 e. The third-order valence-electron chi connectivity index (χ3n) is 5.05. The number of hydrogen-bond acceptors (Lipinski definition) is 3. The van der Waals surface area contributed by atoms with E-state index >= 15 is 0 Å². The molecule has 2 aromatic rings. The number of para-hydroxylation sites is 1. The number of fused-ring (bicyclic) bond motifs is 2. The summed E-state index contributed by atoms with van der Waals surface area (Å²) in [4.78, 5) is 2.37. The van der Waals surface area contributed by atoms with Crippen LogP contribution in [0.2, 0.25) is 0 Å². The Hall–Kier alpha value is -3.01. The summed E-state index contributed by atoms with van der Waals surface area (Å²) in [5, 5.41) is 3.64. The van der Waals surface area contributed by atoms with Crippen molar-refractivity contribution < 1.29 is 0 Å². The van der Waals surface area contributed by atoms with E-state index in [9.17, 15) is 0 Å². The van der Waals surface area contributed by atoms with Gasteiger partial charge in [-0.3, -0.25) is 0 Å². The van der Waals surface area contributed by atoms with E-state index in [-0.39, 0.29) is 6.04 Å². The quantitative estimate of drug-likeness (QED) is 0.823.